The number of aromatic hydroxyl groups is 1. The third kappa shape index (κ3) is 4.37. The Hall–Kier alpha value is -3.15. The Balaban J connectivity index is 1.53. The number of phenolic OH excluding ortho intramolecular Hbond substituents is 1. The van der Waals surface area contributed by atoms with Crippen LogP contribution in [0.25, 0.3) is 11.3 Å². The predicted molar refractivity (Wildman–Crippen MR) is 118 cm³/mol. The van der Waals surface area contributed by atoms with E-state index >= 15 is 0 Å². The van der Waals surface area contributed by atoms with Crippen molar-refractivity contribution >= 4 is 23.2 Å². The molecule has 4 aromatic rings. The number of H-pyrrole nitrogens is 1. The fourth-order valence-electron chi connectivity index (χ4n) is 2.92. The van der Waals surface area contributed by atoms with Gasteiger partial charge in [-0.3, -0.25) is 5.10 Å². The van der Waals surface area contributed by atoms with Crippen molar-refractivity contribution in [1.29, 1.82) is 0 Å². The average molecular weight is 441 g/mol. The maximum Gasteiger partial charge on any atom is 0.173 e. The lowest BCUT2D eigenvalue weighted by Gasteiger charge is -2.12. The zero-order valence-electron chi connectivity index (χ0n) is 16.0. The number of hydrogen-bond acceptors (Lipinski definition) is 4. The van der Waals surface area contributed by atoms with Gasteiger partial charge in [-0.1, -0.05) is 47.0 Å². The van der Waals surface area contributed by atoms with Gasteiger partial charge in [-0.2, -0.15) is 5.10 Å². The van der Waals surface area contributed by atoms with E-state index in [1.54, 1.807) is 36.5 Å². The monoisotopic (exact) mass is 440 g/mol. The Morgan fingerprint density at radius 2 is 1.67 bits per heavy atom. The van der Waals surface area contributed by atoms with Gasteiger partial charge in [0.1, 0.15) is 29.5 Å². The van der Waals surface area contributed by atoms with Crippen molar-refractivity contribution in [1.82, 2.24) is 10.2 Å². The third-order valence-corrected chi connectivity index (χ3v) is 5.24. The lowest BCUT2D eigenvalue weighted by Crippen LogP contribution is -1.97. The predicted octanol–water partition coefficient (Wildman–Crippen LogP) is 6.77. The molecule has 0 aliphatic carbocycles. The minimum Gasteiger partial charge on any atom is -0.507 e. The molecule has 0 saturated carbocycles. The molecule has 4 rings (SSSR count). The van der Waals surface area contributed by atoms with Crippen LogP contribution >= 0.6 is 23.2 Å². The van der Waals surface area contributed by atoms with E-state index in [0.29, 0.717) is 44.1 Å². The molecule has 0 saturated heterocycles. The zero-order chi connectivity index (χ0) is 21.1. The van der Waals surface area contributed by atoms with E-state index in [9.17, 15) is 5.11 Å². The van der Waals surface area contributed by atoms with E-state index in [4.69, 9.17) is 32.7 Å². The van der Waals surface area contributed by atoms with Crippen molar-refractivity contribution in [2.45, 2.75) is 13.5 Å². The summed E-state index contributed by atoms with van der Waals surface area (Å²) in [5.74, 6) is 1.69. The molecule has 0 aliphatic rings. The highest BCUT2D eigenvalue weighted by molar-refractivity contribution is 6.35. The van der Waals surface area contributed by atoms with Crippen molar-refractivity contribution < 1.29 is 14.6 Å². The molecule has 30 heavy (non-hydrogen) atoms. The van der Waals surface area contributed by atoms with Gasteiger partial charge in [0.05, 0.1) is 6.20 Å². The largest absolute Gasteiger partial charge is 0.507 e. The molecule has 0 fully saturated rings. The first-order valence-corrected chi connectivity index (χ1v) is 9.94. The molecule has 3 aromatic carbocycles. The molecule has 0 aliphatic heterocycles. The van der Waals surface area contributed by atoms with Gasteiger partial charge in [-0.25, -0.2) is 0 Å². The van der Waals surface area contributed by atoms with Gasteiger partial charge in [0, 0.05) is 27.2 Å². The lowest BCUT2D eigenvalue weighted by molar-refractivity contribution is 0.304. The molecule has 0 bridgehead atoms. The summed E-state index contributed by atoms with van der Waals surface area (Å²) in [6.45, 7) is 2.19. The number of halogens is 2. The SMILES string of the molecule is Cc1ccc(Oc2cn[nH]c2-c2ccc(OCc3c(Cl)cccc3Cl)cc2O)cc1. The number of aromatic nitrogens is 2. The third-order valence-electron chi connectivity index (χ3n) is 4.54. The Morgan fingerprint density at radius 1 is 0.967 bits per heavy atom. The second kappa shape index (κ2) is 8.69. The van der Waals surface area contributed by atoms with Crippen LogP contribution in [0.3, 0.4) is 0 Å². The number of ether oxygens (including phenoxy) is 2. The molecule has 152 valence electrons. The van der Waals surface area contributed by atoms with Crippen LogP contribution in [0.5, 0.6) is 23.0 Å². The molecule has 2 N–H and O–H groups in total. The van der Waals surface area contributed by atoms with Gasteiger partial charge >= 0.3 is 0 Å². The van der Waals surface area contributed by atoms with E-state index in [1.807, 2.05) is 31.2 Å². The molecule has 0 atom stereocenters. The number of phenols is 1. The molecule has 0 spiro atoms. The molecular weight excluding hydrogens is 423 g/mol. The normalized spacial score (nSPS) is 10.8. The van der Waals surface area contributed by atoms with Crippen molar-refractivity contribution in [3.8, 4) is 34.3 Å². The Bertz CT molecular complexity index is 1150. The van der Waals surface area contributed by atoms with Crippen molar-refractivity contribution in [3.63, 3.8) is 0 Å². The molecule has 5 nitrogen and oxygen atoms in total. The van der Waals surface area contributed by atoms with E-state index in [-0.39, 0.29) is 12.4 Å². The van der Waals surface area contributed by atoms with Crippen LogP contribution in [0.2, 0.25) is 10.0 Å². The maximum absolute atomic E-state index is 10.6. The van der Waals surface area contributed by atoms with Gasteiger partial charge in [0.2, 0.25) is 0 Å². The van der Waals surface area contributed by atoms with Gasteiger partial charge in [0.15, 0.2) is 5.75 Å². The minimum atomic E-state index is 0.0239. The average Bonchev–Trinajstić information content (AvgIpc) is 3.17. The zero-order valence-corrected chi connectivity index (χ0v) is 17.5. The Labute approximate surface area is 183 Å². The van der Waals surface area contributed by atoms with Crippen molar-refractivity contribution in [2.24, 2.45) is 0 Å². The van der Waals surface area contributed by atoms with Crippen LogP contribution in [0, 0.1) is 6.92 Å². The highest BCUT2D eigenvalue weighted by Crippen LogP contribution is 2.38. The van der Waals surface area contributed by atoms with Gasteiger partial charge in [-0.05, 0) is 43.3 Å². The Kier molecular flexibility index (Phi) is 5.84. The summed E-state index contributed by atoms with van der Waals surface area (Å²) >= 11 is 12.3. The van der Waals surface area contributed by atoms with E-state index in [1.165, 1.54) is 6.07 Å². The molecule has 0 radical (unpaired) electrons. The summed E-state index contributed by atoms with van der Waals surface area (Å²) in [5, 5.41) is 18.5. The van der Waals surface area contributed by atoms with Crippen LogP contribution < -0.4 is 9.47 Å². The molecule has 7 heteroatoms. The summed E-state index contributed by atoms with van der Waals surface area (Å²) in [5.41, 5.74) is 2.93. The maximum atomic E-state index is 10.6. The number of aryl methyl sites for hydroxylation is 1. The summed E-state index contributed by atoms with van der Waals surface area (Å²) in [4.78, 5) is 0. The van der Waals surface area contributed by atoms with Gasteiger partial charge in [0.25, 0.3) is 0 Å². The number of benzene rings is 3. The smallest absolute Gasteiger partial charge is 0.173 e. The van der Waals surface area contributed by atoms with Crippen molar-refractivity contribution in [2.75, 3.05) is 0 Å². The van der Waals surface area contributed by atoms with Gasteiger partial charge in [-0.15, -0.1) is 0 Å². The highest BCUT2D eigenvalue weighted by atomic mass is 35.5. The van der Waals surface area contributed by atoms with Crippen LogP contribution in [-0.4, -0.2) is 15.3 Å². The Morgan fingerprint density at radius 3 is 2.37 bits per heavy atom. The van der Waals surface area contributed by atoms with E-state index in [0.717, 1.165) is 5.56 Å². The quantitative estimate of drug-likeness (QED) is 0.347. The number of aromatic amines is 1. The molecule has 1 aromatic heterocycles. The fourth-order valence-corrected chi connectivity index (χ4v) is 3.42. The fraction of sp³-hybridized carbons (Fsp3) is 0.0870. The second-order valence-corrected chi connectivity index (χ2v) is 7.51. The first kappa shape index (κ1) is 20.1. The lowest BCUT2D eigenvalue weighted by atomic mass is 10.1. The minimum absolute atomic E-state index is 0.0239. The standard InChI is InChI=1S/C23H18Cl2N2O3/c1-14-5-7-15(8-6-14)30-22-12-26-27-23(22)17-10-9-16(11-21(17)28)29-13-18-19(24)3-2-4-20(18)25/h2-12,28H,13H2,1H3,(H,26,27). The number of nitrogens with one attached hydrogen (secondary N) is 1. The summed E-state index contributed by atoms with van der Waals surface area (Å²) < 4.78 is 11.7. The second-order valence-electron chi connectivity index (χ2n) is 6.69. The summed E-state index contributed by atoms with van der Waals surface area (Å²) in [7, 11) is 0. The highest BCUT2D eigenvalue weighted by Gasteiger charge is 2.15. The van der Waals surface area contributed by atoms with Gasteiger partial charge < -0.3 is 14.6 Å². The first-order chi connectivity index (χ1) is 14.5. The van der Waals surface area contributed by atoms with E-state index in [2.05, 4.69) is 10.2 Å². The number of nitrogens with zero attached hydrogens (tertiary/aromatic N) is 1. The number of rotatable bonds is 6. The summed E-state index contributed by atoms with van der Waals surface area (Å²) in [6.07, 6.45) is 1.57. The number of hydrogen-bond donors (Lipinski definition) is 2. The van der Waals surface area contributed by atoms with Crippen LogP contribution in [0.15, 0.2) is 66.9 Å². The first-order valence-electron chi connectivity index (χ1n) is 9.18. The molecule has 0 unspecified atom stereocenters. The van der Waals surface area contributed by atoms with Crippen LogP contribution in [-0.2, 0) is 6.61 Å². The van der Waals surface area contributed by atoms with E-state index < -0.39 is 0 Å². The topological polar surface area (TPSA) is 67.4 Å². The van der Waals surface area contributed by atoms with Crippen LogP contribution in [0.4, 0.5) is 0 Å². The summed E-state index contributed by atoms with van der Waals surface area (Å²) in [6, 6.07) is 18.0. The molecular formula is C23H18Cl2N2O3. The molecule has 0 amide bonds. The molecule has 1 heterocycles. The van der Waals surface area contributed by atoms with Crippen molar-refractivity contribution in [3.05, 3.63) is 88.0 Å². The van der Waals surface area contributed by atoms with Crippen LogP contribution in [0.1, 0.15) is 11.1 Å².